The van der Waals surface area contributed by atoms with Crippen molar-refractivity contribution >= 4 is 23.4 Å². The van der Waals surface area contributed by atoms with E-state index >= 15 is 0 Å². The van der Waals surface area contributed by atoms with Gasteiger partial charge in [-0.05, 0) is 23.8 Å². The predicted molar refractivity (Wildman–Crippen MR) is 91.9 cm³/mol. The second kappa shape index (κ2) is 7.45. The maximum Gasteiger partial charge on any atom is 0.272 e. The minimum Gasteiger partial charge on any atom is -0.339 e. The maximum absolute atomic E-state index is 12.4. The Bertz CT molecular complexity index is 728. The van der Waals surface area contributed by atoms with Crippen molar-refractivity contribution in [1.82, 2.24) is 14.8 Å². The third-order valence-corrected chi connectivity index (χ3v) is 4.47. The van der Waals surface area contributed by atoms with Crippen molar-refractivity contribution in [2.45, 2.75) is 6.42 Å². The van der Waals surface area contributed by atoms with Gasteiger partial charge in [0, 0.05) is 37.4 Å². The number of hydrogen-bond acceptors (Lipinski definition) is 3. The molecular weight excluding hydrogens is 326 g/mol. The number of aromatic nitrogens is 1. The first-order valence-electron chi connectivity index (χ1n) is 7.86. The molecule has 0 spiro atoms. The molecule has 5 nitrogen and oxygen atoms in total. The molecule has 6 heteroatoms. The summed E-state index contributed by atoms with van der Waals surface area (Å²) in [5, 5.41) is 0.606. The summed E-state index contributed by atoms with van der Waals surface area (Å²) < 4.78 is 0. The Balaban J connectivity index is 1.56. The Labute approximate surface area is 145 Å². The molecule has 0 atom stereocenters. The second-order valence-electron chi connectivity index (χ2n) is 5.66. The lowest BCUT2D eigenvalue weighted by Crippen LogP contribution is -2.51. The van der Waals surface area contributed by atoms with Crippen LogP contribution in [0.15, 0.2) is 48.7 Å². The standard InChI is InChI=1S/C18H18ClN3O2/c19-15-6-2-1-5-14(15)13-17(23)21-9-11-22(12-10-21)18(24)16-7-3-4-8-20-16/h1-8H,9-13H2. The maximum atomic E-state index is 12.4. The van der Waals surface area contributed by atoms with Gasteiger partial charge in [0.1, 0.15) is 5.69 Å². The molecular formula is C18H18ClN3O2. The summed E-state index contributed by atoms with van der Waals surface area (Å²) in [6.07, 6.45) is 1.89. The first-order valence-corrected chi connectivity index (χ1v) is 8.24. The number of nitrogens with zero attached hydrogens (tertiary/aromatic N) is 3. The number of halogens is 1. The smallest absolute Gasteiger partial charge is 0.272 e. The number of pyridine rings is 1. The van der Waals surface area contributed by atoms with Crippen molar-refractivity contribution in [3.63, 3.8) is 0 Å². The van der Waals surface area contributed by atoms with Crippen LogP contribution in [0.1, 0.15) is 16.1 Å². The van der Waals surface area contributed by atoms with E-state index in [2.05, 4.69) is 4.98 Å². The highest BCUT2D eigenvalue weighted by atomic mass is 35.5. The number of carbonyl (C=O) groups is 2. The van der Waals surface area contributed by atoms with Crippen molar-refractivity contribution < 1.29 is 9.59 Å². The lowest BCUT2D eigenvalue weighted by molar-refractivity contribution is -0.131. The molecule has 1 aromatic carbocycles. The number of carbonyl (C=O) groups excluding carboxylic acids is 2. The highest BCUT2D eigenvalue weighted by Gasteiger charge is 2.25. The fourth-order valence-electron chi connectivity index (χ4n) is 2.73. The van der Waals surface area contributed by atoms with Crippen LogP contribution in [0.3, 0.4) is 0 Å². The Kier molecular flexibility index (Phi) is 5.11. The lowest BCUT2D eigenvalue weighted by atomic mass is 10.1. The molecule has 0 unspecified atom stereocenters. The third kappa shape index (κ3) is 3.74. The summed E-state index contributed by atoms with van der Waals surface area (Å²) in [6.45, 7) is 2.09. The molecule has 3 rings (SSSR count). The van der Waals surface area contributed by atoms with Crippen LogP contribution in [0.5, 0.6) is 0 Å². The van der Waals surface area contributed by atoms with Crippen LogP contribution >= 0.6 is 11.6 Å². The SMILES string of the molecule is O=C(Cc1ccccc1Cl)N1CCN(C(=O)c2ccccn2)CC1. The molecule has 124 valence electrons. The number of amides is 2. The number of piperazine rings is 1. The van der Waals surface area contributed by atoms with Gasteiger partial charge in [0.25, 0.3) is 5.91 Å². The van der Waals surface area contributed by atoms with Crippen molar-refractivity contribution in [3.8, 4) is 0 Å². The predicted octanol–water partition coefficient (Wildman–Crippen LogP) is 2.26. The third-order valence-electron chi connectivity index (χ3n) is 4.10. The molecule has 1 saturated heterocycles. The van der Waals surface area contributed by atoms with Gasteiger partial charge in [0.2, 0.25) is 5.91 Å². The molecule has 0 N–H and O–H groups in total. The van der Waals surface area contributed by atoms with Gasteiger partial charge in [-0.1, -0.05) is 35.9 Å². The average Bonchev–Trinajstić information content (AvgIpc) is 2.64. The number of benzene rings is 1. The van der Waals surface area contributed by atoms with Gasteiger partial charge in [-0.2, -0.15) is 0 Å². The van der Waals surface area contributed by atoms with Crippen LogP contribution in [0.2, 0.25) is 5.02 Å². The van der Waals surface area contributed by atoms with Gasteiger partial charge >= 0.3 is 0 Å². The summed E-state index contributed by atoms with van der Waals surface area (Å²) in [5.74, 6) is -0.0539. The van der Waals surface area contributed by atoms with E-state index in [-0.39, 0.29) is 18.2 Å². The average molecular weight is 344 g/mol. The van der Waals surface area contributed by atoms with Crippen molar-refractivity contribution in [2.75, 3.05) is 26.2 Å². The Morgan fingerprint density at radius 2 is 1.62 bits per heavy atom. The summed E-state index contributed by atoms with van der Waals surface area (Å²) in [7, 11) is 0. The molecule has 1 aliphatic rings. The molecule has 24 heavy (non-hydrogen) atoms. The molecule has 1 aliphatic heterocycles. The van der Waals surface area contributed by atoms with Crippen molar-refractivity contribution in [3.05, 3.63) is 64.9 Å². The van der Waals surface area contributed by atoms with Gasteiger partial charge in [0.15, 0.2) is 0 Å². The minimum atomic E-state index is -0.0891. The van der Waals surface area contributed by atoms with E-state index in [0.717, 1.165) is 5.56 Å². The Morgan fingerprint density at radius 3 is 2.29 bits per heavy atom. The van der Waals surface area contributed by atoms with Gasteiger partial charge in [-0.25, -0.2) is 0 Å². The molecule has 1 fully saturated rings. The molecule has 2 aromatic rings. The first kappa shape index (κ1) is 16.5. The molecule has 1 aromatic heterocycles. The zero-order valence-electron chi connectivity index (χ0n) is 13.2. The fraction of sp³-hybridized carbons (Fsp3) is 0.278. The van der Waals surface area contributed by atoms with E-state index in [1.165, 1.54) is 0 Å². The Morgan fingerprint density at radius 1 is 0.958 bits per heavy atom. The van der Waals surface area contributed by atoms with E-state index in [9.17, 15) is 9.59 Å². The first-order chi connectivity index (χ1) is 11.6. The van der Waals surface area contributed by atoms with Gasteiger partial charge in [0.05, 0.1) is 6.42 Å². The molecule has 0 aliphatic carbocycles. The second-order valence-corrected chi connectivity index (χ2v) is 6.06. The zero-order chi connectivity index (χ0) is 16.9. The van der Waals surface area contributed by atoms with Crippen LogP contribution in [0, 0.1) is 0 Å². The van der Waals surface area contributed by atoms with Crippen molar-refractivity contribution in [1.29, 1.82) is 0 Å². The summed E-state index contributed by atoms with van der Waals surface area (Å²) in [5.41, 5.74) is 1.27. The van der Waals surface area contributed by atoms with E-state index in [4.69, 9.17) is 11.6 Å². The van der Waals surface area contributed by atoms with Crippen LogP contribution in [0.4, 0.5) is 0 Å². The topological polar surface area (TPSA) is 53.5 Å². The molecule has 2 heterocycles. The summed E-state index contributed by atoms with van der Waals surface area (Å²) in [6, 6.07) is 12.6. The van der Waals surface area contributed by atoms with Gasteiger partial charge < -0.3 is 9.80 Å². The van der Waals surface area contributed by atoms with Crippen LogP contribution in [0.25, 0.3) is 0 Å². The fourth-order valence-corrected chi connectivity index (χ4v) is 2.93. The van der Waals surface area contributed by atoms with Gasteiger partial charge in [-0.3, -0.25) is 14.6 Å². The van der Waals surface area contributed by atoms with Crippen LogP contribution < -0.4 is 0 Å². The normalized spacial score (nSPS) is 14.5. The highest BCUT2D eigenvalue weighted by Crippen LogP contribution is 2.17. The van der Waals surface area contributed by atoms with Gasteiger partial charge in [-0.15, -0.1) is 0 Å². The molecule has 0 bridgehead atoms. The highest BCUT2D eigenvalue weighted by molar-refractivity contribution is 6.31. The zero-order valence-corrected chi connectivity index (χ0v) is 13.9. The van der Waals surface area contributed by atoms with Crippen molar-refractivity contribution in [2.24, 2.45) is 0 Å². The number of rotatable bonds is 3. The monoisotopic (exact) mass is 343 g/mol. The van der Waals surface area contributed by atoms with E-state index in [0.29, 0.717) is 36.9 Å². The quantitative estimate of drug-likeness (QED) is 0.859. The largest absolute Gasteiger partial charge is 0.339 e. The number of hydrogen-bond donors (Lipinski definition) is 0. The van der Waals surface area contributed by atoms with E-state index < -0.39 is 0 Å². The van der Waals surface area contributed by atoms with E-state index in [1.807, 2.05) is 18.2 Å². The summed E-state index contributed by atoms with van der Waals surface area (Å²) in [4.78, 5) is 32.4. The molecule has 0 saturated carbocycles. The van der Waals surface area contributed by atoms with Crippen LogP contribution in [-0.4, -0.2) is 52.8 Å². The lowest BCUT2D eigenvalue weighted by Gasteiger charge is -2.34. The minimum absolute atomic E-state index is 0.0352. The molecule has 2 amide bonds. The summed E-state index contributed by atoms with van der Waals surface area (Å²) >= 11 is 6.11. The van der Waals surface area contributed by atoms with E-state index in [1.54, 1.807) is 40.3 Å². The Hall–Kier alpha value is -2.40. The van der Waals surface area contributed by atoms with Crippen LogP contribution in [-0.2, 0) is 11.2 Å². The molecule has 0 radical (unpaired) electrons.